The molecular formula is C39H57N5O3. The minimum absolute atomic E-state index is 0.264. The average molecular weight is 644 g/mol. The Morgan fingerprint density at radius 2 is 1.17 bits per heavy atom. The van der Waals surface area contributed by atoms with Crippen LogP contribution in [0.3, 0.4) is 0 Å². The first-order valence-electron chi connectivity index (χ1n) is 18.1. The number of unbranched alkanes of at least 4 members (excludes halogenated alkanes) is 6. The Morgan fingerprint density at radius 3 is 1.64 bits per heavy atom. The number of hydrogen-bond donors (Lipinski definition) is 2. The molecule has 256 valence electrons. The van der Waals surface area contributed by atoms with Crippen molar-refractivity contribution in [2.75, 3.05) is 49.2 Å². The van der Waals surface area contributed by atoms with Crippen LogP contribution in [0, 0.1) is 0 Å². The third-order valence-corrected chi connectivity index (χ3v) is 9.30. The summed E-state index contributed by atoms with van der Waals surface area (Å²) in [6.45, 7) is 17.9. The van der Waals surface area contributed by atoms with Crippen molar-refractivity contribution >= 4 is 17.3 Å². The van der Waals surface area contributed by atoms with Gasteiger partial charge in [-0.2, -0.15) is 0 Å². The minimum Gasteiger partial charge on any atom is -0.493 e. The third kappa shape index (κ3) is 8.21. The quantitative estimate of drug-likeness (QED) is 0.120. The van der Waals surface area contributed by atoms with E-state index < -0.39 is 5.54 Å². The summed E-state index contributed by atoms with van der Waals surface area (Å²) in [4.78, 5) is 22.5. The van der Waals surface area contributed by atoms with Crippen molar-refractivity contribution in [3.63, 3.8) is 0 Å². The zero-order valence-electron chi connectivity index (χ0n) is 29.7. The Balaban J connectivity index is 1.97. The molecule has 47 heavy (non-hydrogen) atoms. The molecule has 2 aromatic carbocycles. The molecule has 0 spiro atoms. The Hall–Kier alpha value is -3.78. The van der Waals surface area contributed by atoms with Crippen molar-refractivity contribution in [3.8, 4) is 11.5 Å². The fourth-order valence-corrected chi connectivity index (χ4v) is 6.61. The summed E-state index contributed by atoms with van der Waals surface area (Å²) in [6, 6.07) is 16.9. The van der Waals surface area contributed by atoms with Crippen molar-refractivity contribution in [2.45, 2.75) is 98.4 Å². The average Bonchev–Trinajstić information content (AvgIpc) is 3.10. The molecule has 1 aliphatic rings. The van der Waals surface area contributed by atoms with Crippen LogP contribution in [0.2, 0.25) is 0 Å². The highest BCUT2D eigenvalue weighted by Crippen LogP contribution is 2.48. The van der Waals surface area contributed by atoms with Crippen molar-refractivity contribution in [2.24, 2.45) is 0 Å². The Bertz CT molecular complexity index is 1350. The van der Waals surface area contributed by atoms with E-state index in [1.54, 1.807) is 6.20 Å². The maximum Gasteiger partial charge on any atom is 0.284 e. The Labute approximate surface area is 283 Å². The molecule has 0 unspecified atom stereocenters. The van der Waals surface area contributed by atoms with Crippen LogP contribution in [0.4, 0.5) is 11.4 Å². The largest absolute Gasteiger partial charge is 0.493 e. The van der Waals surface area contributed by atoms with Crippen molar-refractivity contribution in [3.05, 3.63) is 77.1 Å². The fraction of sp³-hybridized carbons (Fsp3) is 0.538. The number of carbonyl (C=O) groups is 1. The van der Waals surface area contributed by atoms with Crippen molar-refractivity contribution in [1.82, 2.24) is 15.8 Å². The summed E-state index contributed by atoms with van der Waals surface area (Å²) in [5.41, 5.74) is 10.6. The smallest absolute Gasteiger partial charge is 0.284 e. The van der Waals surface area contributed by atoms with E-state index in [1.807, 2.05) is 12.1 Å². The molecule has 0 atom stereocenters. The van der Waals surface area contributed by atoms with Crippen LogP contribution in [-0.2, 0) is 5.54 Å². The van der Waals surface area contributed by atoms with Gasteiger partial charge in [0.2, 0.25) is 0 Å². The highest BCUT2D eigenvalue weighted by atomic mass is 16.5. The monoisotopic (exact) mass is 643 g/mol. The van der Waals surface area contributed by atoms with Gasteiger partial charge in [0.1, 0.15) is 22.7 Å². The van der Waals surface area contributed by atoms with Gasteiger partial charge in [-0.15, -0.1) is 0 Å². The van der Waals surface area contributed by atoms with Gasteiger partial charge >= 0.3 is 0 Å². The molecule has 1 amide bonds. The molecule has 4 rings (SSSR count). The second-order valence-electron chi connectivity index (χ2n) is 12.3. The molecule has 3 aromatic rings. The number of nitrogens with zero attached hydrogens (tertiary/aromatic N) is 3. The predicted octanol–water partition coefficient (Wildman–Crippen LogP) is 8.23. The summed E-state index contributed by atoms with van der Waals surface area (Å²) < 4.78 is 13.4. The first-order valence-corrected chi connectivity index (χ1v) is 18.1. The van der Waals surface area contributed by atoms with E-state index in [4.69, 9.17) is 9.47 Å². The number of carbonyl (C=O) groups excluding carboxylic acids is 1. The van der Waals surface area contributed by atoms with E-state index in [0.717, 1.165) is 91.4 Å². The van der Waals surface area contributed by atoms with Gasteiger partial charge in [0.25, 0.3) is 5.91 Å². The normalized spacial score (nSPS) is 13.5. The molecule has 0 fully saturated rings. The number of rotatable bonds is 20. The van der Waals surface area contributed by atoms with Crippen LogP contribution in [-0.4, -0.2) is 50.3 Å². The Morgan fingerprint density at radius 1 is 0.660 bits per heavy atom. The highest BCUT2D eigenvalue weighted by molar-refractivity contribution is 5.96. The first kappa shape index (κ1) is 36.1. The van der Waals surface area contributed by atoms with Crippen LogP contribution in [0.5, 0.6) is 11.5 Å². The number of pyridine rings is 1. The lowest BCUT2D eigenvalue weighted by Gasteiger charge is -2.42. The lowest BCUT2D eigenvalue weighted by Crippen LogP contribution is -2.58. The van der Waals surface area contributed by atoms with E-state index in [2.05, 4.69) is 104 Å². The van der Waals surface area contributed by atoms with Gasteiger partial charge in [0, 0.05) is 72.6 Å². The molecule has 2 N–H and O–H groups in total. The maximum atomic E-state index is 13.3. The van der Waals surface area contributed by atoms with E-state index in [-0.39, 0.29) is 5.91 Å². The summed E-state index contributed by atoms with van der Waals surface area (Å²) in [7, 11) is 0. The molecule has 2 heterocycles. The number of hydrogen-bond acceptors (Lipinski definition) is 7. The summed E-state index contributed by atoms with van der Waals surface area (Å²) in [5, 5.41) is 0. The first-order chi connectivity index (χ1) is 23.0. The van der Waals surface area contributed by atoms with Gasteiger partial charge in [-0.05, 0) is 58.7 Å². The van der Waals surface area contributed by atoms with Crippen LogP contribution < -0.4 is 30.1 Å². The van der Waals surface area contributed by atoms with Crippen LogP contribution in [0.25, 0.3) is 0 Å². The molecule has 0 saturated heterocycles. The van der Waals surface area contributed by atoms with Crippen LogP contribution in [0.15, 0.2) is 54.7 Å². The maximum absolute atomic E-state index is 13.3. The van der Waals surface area contributed by atoms with Crippen molar-refractivity contribution < 1.29 is 14.3 Å². The van der Waals surface area contributed by atoms with E-state index in [1.165, 1.54) is 25.7 Å². The zero-order valence-corrected chi connectivity index (χ0v) is 29.7. The molecule has 1 aromatic heterocycles. The number of hydrazine groups is 1. The van der Waals surface area contributed by atoms with Gasteiger partial charge in [0.05, 0.1) is 13.2 Å². The van der Waals surface area contributed by atoms with Crippen LogP contribution >= 0.6 is 0 Å². The van der Waals surface area contributed by atoms with Gasteiger partial charge in [-0.1, -0.05) is 70.6 Å². The molecule has 0 radical (unpaired) electrons. The number of nitrogens with one attached hydrogen (secondary N) is 2. The second kappa shape index (κ2) is 17.9. The molecule has 8 heteroatoms. The third-order valence-electron chi connectivity index (χ3n) is 9.30. The van der Waals surface area contributed by atoms with Gasteiger partial charge in [0.15, 0.2) is 0 Å². The lowest BCUT2D eigenvalue weighted by molar-refractivity contribution is 0.0888. The molecule has 8 nitrogen and oxygen atoms in total. The Kier molecular flexibility index (Phi) is 13.8. The van der Waals surface area contributed by atoms with Gasteiger partial charge < -0.3 is 19.3 Å². The number of ether oxygens (including phenoxy) is 2. The minimum atomic E-state index is -1.03. The standard InChI is InChI=1S/C39H57N5O3/c1-7-13-15-17-26-46-35-28-30(43(9-3)10-4)21-23-32(35)39(34-20-19-25-40-37(34)38(45)41-42-39)33-24-22-31(44(11-5)12-6)29-36(33)47-27-18-16-14-8-2/h19-25,28-29,42H,7-18,26-27H2,1-6H3,(H,41,45). The topological polar surface area (TPSA) is 79.0 Å². The number of aromatic nitrogens is 1. The fourth-order valence-electron chi connectivity index (χ4n) is 6.61. The SMILES string of the molecule is CCCCCCOc1cc(N(CC)CC)ccc1C1(c2ccc(N(CC)CC)cc2OCCCCCC)NNC(=O)c2ncccc21. The summed E-state index contributed by atoms with van der Waals surface area (Å²) in [5.74, 6) is 1.30. The van der Waals surface area contributed by atoms with Gasteiger partial charge in [-0.3, -0.25) is 15.2 Å². The van der Waals surface area contributed by atoms with Crippen LogP contribution in [0.1, 0.15) is 120 Å². The number of fused-ring (bicyclic) bond motifs is 1. The lowest BCUT2D eigenvalue weighted by atomic mass is 9.74. The van der Waals surface area contributed by atoms with E-state index in [9.17, 15) is 4.79 Å². The summed E-state index contributed by atoms with van der Waals surface area (Å²) in [6.07, 6.45) is 10.6. The number of anilines is 2. The van der Waals surface area contributed by atoms with E-state index >= 15 is 0 Å². The second-order valence-corrected chi connectivity index (χ2v) is 12.3. The zero-order chi connectivity index (χ0) is 33.6. The predicted molar refractivity (Wildman–Crippen MR) is 194 cm³/mol. The van der Waals surface area contributed by atoms with Crippen molar-refractivity contribution in [1.29, 1.82) is 0 Å². The number of benzene rings is 2. The highest BCUT2D eigenvalue weighted by Gasteiger charge is 2.47. The number of amides is 1. The molecule has 0 bridgehead atoms. The van der Waals surface area contributed by atoms with E-state index in [0.29, 0.717) is 18.9 Å². The molecule has 1 aliphatic heterocycles. The molecule has 0 aliphatic carbocycles. The summed E-state index contributed by atoms with van der Waals surface area (Å²) >= 11 is 0. The molecular weight excluding hydrogens is 586 g/mol. The molecule has 0 saturated carbocycles. The van der Waals surface area contributed by atoms with Gasteiger partial charge in [-0.25, -0.2) is 5.43 Å².